The number of rotatable bonds is 4. The lowest BCUT2D eigenvalue weighted by molar-refractivity contribution is 0.0268. The summed E-state index contributed by atoms with van der Waals surface area (Å²) in [6, 6.07) is 6.42. The highest BCUT2D eigenvalue weighted by Gasteiger charge is 2.31. The van der Waals surface area contributed by atoms with Gasteiger partial charge in [-0.3, -0.25) is 0 Å². The van der Waals surface area contributed by atoms with Crippen molar-refractivity contribution < 1.29 is 9.84 Å². The average Bonchev–Trinajstić information content (AvgIpc) is 2.98. The first-order valence-electron chi connectivity index (χ1n) is 6.62. The van der Waals surface area contributed by atoms with Crippen LogP contribution in [-0.2, 0) is 17.7 Å². The van der Waals surface area contributed by atoms with Crippen LogP contribution in [0.2, 0.25) is 0 Å². The number of aliphatic hydroxyl groups is 1. The fraction of sp³-hybridized carbons (Fsp3) is 0.571. The normalized spacial score (nSPS) is 26.1. The number of hydrogen-bond acceptors (Lipinski definition) is 4. The molecule has 2 aliphatic heterocycles. The molecule has 18 heavy (non-hydrogen) atoms. The first-order valence-corrected chi connectivity index (χ1v) is 6.62. The molecule has 4 nitrogen and oxygen atoms in total. The molecular weight excluding hydrogens is 228 g/mol. The van der Waals surface area contributed by atoms with Crippen molar-refractivity contribution in [1.82, 2.24) is 5.32 Å². The second-order valence-electron chi connectivity index (χ2n) is 5.26. The van der Waals surface area contributed by atoms with Gasteiger partial charge in [-0.25, -0.2) is 0 Å². The van der Waals surface area contributed by atoms with Crippen LogP contribution < -0.4 is 10.6 Å². The van der Waals surface area contributed by atoms with Gasteiger partial charge in [0.15, 0.2) is 0 Å². The van der Waals surface area contributed by atoms with Crippen LogP contribution >= 0.6 is 0 Å². The van der Waals surface area contributed by atoms with E-state index in [2.05, 4.69) is 28.8 Å². The minimum Gasteiger partial charge on any atom is -0.386 e. The number of nitrogens with one attached hydrogen (secondary N) is 2. The second kappa shape index (κ2) is 4.88. The van der Waals surface area contributed by atoms with E-state index < -0.39 is 5.60 Å². The summed E-state index contributed by atoms with van der Waals surface area (Å²) in [6.45, 7) is 3.53. The first kappa shape index (κ1) is 12.0. The van der Waals surface area contributed by atoms with Crippen molar-refractivity contribution in [1.29, 1.82) is 0 Å². The van der Waals surface area contributed by atoms with E-state index in [1.807, 2.05) is 0 Å². The van der Waals surface area contributed by atoms with Crippen molar-refractivity contribution >= 4 is 5.69 Å². The Morgan fingerprint density at radius 1 is 1.44 bits per heavy atom. The van der Waals surface area contributed by atoms with E-state index in [-0.39, 0.29) is 0 Å². The summed E-state index contributed by atoms with van der Waals surface area (Å²) in [5.74, 6) is 0. The fourth-order valence-corrected chi connectivity index (χ4v) is 2.72. The summed E-state index contributed by atoms with van der Waals surface area (Å²) in [5.41, 5.74) is 3.29. The van der Waals surface area contributed by atoms with Crippen LogP contribution in [0.15, 0.2) is 18.2 Å². The van der Waals surface area contributed by atoms with Gasteiger partial charge in [0.05, 0.1) is 6.61 Å². The Balaban J connectivity index is 1.59. The molecule has 1 aromatic rings. The SMILES string of the molecule is OC1(CNCc2cccc3c2NCC3)CCOC1. The maximum absolute atomic E-state index is 10.2. The molecule has 1 aromatic carbocycles. The van der Waals surface area contributed by atoms with E-state index in [0.717, 1.165) is 25.9 Å². The van der Waals surface area contributed by atoms with Gasteiger partial charge < -0.3 is 20.5 Å². The Morgan fingerprint density at radius 3 is 3.22 bits per heavy atom. The Morgan fingerprint density at radius 2 is 2.39 bits per heavy atom. The van der Waals surface area contributed by atoms with E-state index in [0.29, 0.717) is 19.8 Å². The summed E-state index contributed by atoms with van der Waals surface area (Å²) >= 11 is 0. The number of ether oxygens (including phenoxy) is 1. The third kappa shape index (κ3) is 2.36. The minimum atomic E-state index is -0.675. The molecule has 98 valence electrons. The van der Waals surface area contributed by atoms with Crippen LogP contribution in [-0.4, -0.2) is 37.0 Å². The van der Waals surface area contributed by atoms with Gasteiger partial charge in [0, 0.05) is 38.3 Å². The molecular formula is C14H20N2O2. The van der Waals surface area contributed by atoms with Crippen molar-refractivity contribution in [2.45, 2.75) is 25.0 Å². The quantitative estimate of drug-likeness (QED) is 0.741. The molecule has 3 N–H and O–H groups in total. The Kier molecular flexibility index (Phi) is 3.24. The maximum Gasteiger partial charge on any atom is 0.102 e. The highest BCUT2D eigenvalue weighted by Crippen LogP contribution is 2.26. The van der Waals surface area contributed by atoms with E-state index in [9.17, 15) is 5.11 Å². The van der Waals surface area contributed by atoms with Gasteiger partial charge >= 0.3 is 0 Å². The van der Waals surface area contributed by atoms with Crippen LogP contribution in [0.4, 0.5) is 5.69 Å². The van der Waals surface area contributed by atoms with Crippen LogP contribution in [0, 0.1) is 0 Å². The summed E-state index contributed by atoms with van der Waals surface area (Å²) in [6.07, 6.45) is 1.84. The second-order valence-corrected chi connectivity index (χ2v) is 5.26. The third-order valence-corrected chi connectivity index (χ3v) is 3.79. The van der Waals surface area contributed by atoms with Gasteiger partial charge in [-0.05, 0) is 17.5 Å². The van der Waals surface area contributed by atoms with Crippen molar-refractivity contribution in [2.75, 3.05) is 31.6 Å². The molecule has 4 heteroatoms. The number of fused-ring (bicyclic) bond motifs is 1. The molecule has 0 bridgehead atoms. The smallest absolute Gasteiger partial charge is 0.102 e. The summed E-state index contributed by atoms with van der Waals surface area (Å²) in [5, 5.41) is 16.9. The standard InChI is InChI=1S/C14H20N2O2/c17-14(5-7-18-10-14)9-15-8-12-3-1-2-11-4-6-16-13(11)12/h1-3,15-17H,4-10H2. The molecule has 0 aromatic heterocycles. The van der Waals surface area contributed by atoms with Gasteiger partial charge in [0.25, 0.3) is 0 Å². The van der Waals surface area contributed by atoms with E-state index in [1.54, 1.807) is 0 Å². The highest BCUT2D eigenvalue weighted by molar-refractivity contribution is 5.61. The third-order valence-electron chi connectivity index (χ3n) is 3.79. The van der Waals surface area contributed by atoms with Crippen molar-refractivity contribution in [3.63, 3.8) is 0 Å². The van der Waals surface area contributed by atoms with Crippen LogP contribution in [0.25, 0.3) is 0 Å². The maximum atomic E-state index is 10.2. The molecule has 1 unspecified atom stereocenters. The molecule has 0 spiro atoms. The largest absolute Gasteiger partial charge is 0.386 e. The van der Waals surface area contributed by atoms with Gasteiger partial charge in [0.1, 0.15) is 5.60 Å². The number of benzene rings is 1. The molecule has 0 amide bonds. The lowest BCUT2D eigenvalue weighted by Crippen LogP contribution is -2.40. The van der Waals surface area contributed by atoms with Crippen LogP contribution in [0.5, 0.6) is 0 Å². The zero-order valence-electron chi connectivity index (χ0n) is 10.5. The molecule has 2 heterocycles. The number of hydrogen-bond donors (Lipinski definition) is 3. The van der Waals surface area contributed by atoms with E-state index in [1.165, 1.54) is 16.8 Å². The molecule has 2 aliphatic rings. The highest BCUT2D eigenvalue weighted by atomic mass is 16.5. The van der Waals surface area contributed by atoms with Crippen molar-refractivity contribution in [3.8, 4) is 0 Å². The number of anilines is 1. The van der Waals surface area contributed by atoms with Gasteiger partial charge in [0.2, 0.25) is 0 Å². The monoisotopic (exact) mass is 248 g/mol. The Hall–Kier alpha value is -1.10. The zero-order valence-corrected chi connectivity index (χ0v) is 10.5. The van der Waals surface area contributed by atoms with E-state index in [4.69, 9.17) is 4.74 Å². The molecule has 0 radical (unpaired) electrons. The molecule has 1 atom stereocenters. The van der Waals surface area contributed by atoms with E-state index >= 15 is 0 Å². The Labute approximate surface area is 107 Å². The predicted molar refractivity (Wildman–Crippen MR) is 70.7 cm³/mol. The fourth-order valence-electron chi connectivity index (χ4n) is 2.72. The Bertz CT molecular complexity index is 428. The van der Waals surface area contributed by atoms with Crippen molar-refractivity contribution in [2.24, 2.45) is 0 Å². The molecule has 1 saturated heterocycles. The lowest BCUT2D eigenvalue weighted by atomic mass is 10.0. The predicted octanol–water partition coefficient (Wildman–Crippen LogP) is 0.896. The van der Waals surface area contributed by atoms with Gasteiger partial charge in [-0.1, -0.05) is 18.2 Å². The summed E-state index contributed by atoms with van der Waals surface area (Å²) in [4.78, 5) is 0. The molecule has 1 fully saturated rings. The van der Waals surface area contributed by atoms with Crippen LogP contribution in [0.3, 0.4) is 0 Å². The topological polar surface area (TPSA) is 53.5 Å². The molecule has 0 saturated carbocycles. The minimum absolute atomic E-state index is 0.450. The zero-order chi connectivity index (χ0) is 12.4. The van der Waals surface area contributed by atoms with Crippen LogP contribution in [0.1, 0.15) is 17.5 Å². The lowest BCUT2D eigenvalue weighted by Gasteiger charge is -2.21. The first-order chi connectivity index (χ1) is 8.77. The summed E-state index contributed by atoms with van der Waals surface area (Å²) in [7, 11) is 0. The summed E-state index contributed by atoms with van der Waals surface area (Å²) < 4.78 is 5.23. The van der Waals surface area contributed by atoms with Gasteiger partial charge in [-0.2, -0.15) is 0 Å². The van der Waals surface area contributed by atoms with Gasteiger partial charge in [-0.15, -0.1) is 0 Å². The average molecular weight is 248 g/mol. The number of para-hydroxylation sites is 1. The van der Waals surface area contributed by atoms with Crippen molar-refractivity contribution in [3.05, 3.63) is 29.3 Å². The molecule has 0 aliphatic carbocycles. The molecule has 3 rings (SSSR count).